The fourth-order valence-corrected chi connectivity index (χ4v) is 2.50. The first kappa shape index (κ1) is 18.3. The van der Waals surface area contributed by atoms with Crippen LogP contribution in [-0.4, -0.2) is 30.2 Å². The zero-order valence-electron chi connectivity index (χ0n) is 14.2. The molecule has 0 aliphatic carbocycles. The number of nitrogens with one attached hydrogen (secondary N) is 1. The van der Waals surface area contributed by atoms with Gasteiger partial charge in [0.2, 0.25) is 0 Å². The summed E-state index contributed by atoms with van der Waals surface area (Å²) in [7, 11) is 1.29. The number of furan rings is 1. The summed E-state index contributed by atoms with van der Waals surface area (Å²) in [6.45, 7) is 0. The van der Waals surface area contributed by atoms with Gasteiger partial charge >= 0.3 is 5.97 Å². The number of methoxy groups -OCH3 is 1. The second-order valence-corrected chi connectivity index (χ2v) is 5.74. The van der Waals surface area contributed by atoms with Gasteiger partial charge in [0.15, 0.2) is 0 Å². The van der Waals surface area contributed by atoms with Crippen molar-refractivity contribution in [2.24, 2.45) is 5.10 Å². The highest BCUT2D eigenvalue weighted by atomic mass is 35.5. The van der Waals surface area contributed by atoms with E-state index in [2.05, 4.69) is 20.2 Å². The molecule has 0 radical (unpaired) electrons. The highest BCUT2D eigenvalue weighted by Crippen LogP contribution is 2.27. The lowest BCUT2D eigenvalue weighted by Gasteiger charge is -2.04. The smallest absolute Gasteiger partial charge is 0.339 e. The number of hydrogen-bond acceptors (Lipinski definition) is 6. The molecule has 3 aromatic rings. The number of amides is 1. The highest BCUT2D eigenvalue weighted by Gasteiger charge is 2.13. The lowest BCUT2D eigenvalue weighted by molar-refractivity contribution is 0.0600. The number of rotatable bonds is 5. The molecular weight excluding hydrogens is 370 g/mol. The van der Waals surface area contributed by atoms with Crippen molar-refractivity contribution in [3.8, 4) is 11.3 Å². The second-order valence-electron chi connectivity index (χ2n) is 5.33. The lowest BCUT2D eigenvalue weighted by atomic mass is 10.1. The summed E-state index contributed by atoms with van der Waals surface area (Å²) in [5.41, 5.74) is 3.75. The van der Waals surface area contributed by atoms with Gasteiger partial charge in [-0.15, -0.1) is 0 Å². The predicted octanol–water partition coefficient (Wildman–Crippen LogP) is 3.55. The van der Waals surface area contributed by atoms with E-state index in [4.69, 9.17) is 16.0 Å². The van der Waals surface area contributed by atoms with Crippen LogP contribution in [-0.2, 0) is 4.74 Å². The van der Waals surface area contributed by atoms with Crippen LogP contribution in [0.25, 0.3) is 11.3 Å². The van der Waals surface area contributed by atoms with Crippen molar-refractivity contribution in [3.05, 3.63) is 76.8 Å². The van der Waals surface area contributed by atoms with E-state index < -0.39 is 5.97 Å². The minimum atomic E-state index is -0.511. The quantitative estimate of drug-likeness (QED) is 0.413. The van der Waals surface area contributed by atoms with Crippen molar-refractivity contribution in [2.45, 2.75) is 0 Å². The van der Waals surface area contributed by atoms with Crippen LogP contribution in [0.1, 0.15) is 26.5 Å². The Morgan fingerprint density at radius 1 is 1.26 bits per heavy atom. The molecule has 1 aromatic carbocycles. The van der Waals surface area contributed by atoms with Crippen LogP contribution in [0.3, 0.4) is 0 Å². The van der Waals surface area contributed by atoms with Gasteiger partial charge in [0.05, 0.1) is 29.5 Å². The van der Waals surface area contributed by atoms with Crippen LogP contribution < -0.4 is 5.43 Å². The molecule has 0 fully saturated rings. The first-order chi connectivity index (χ1) is 13.1. The Morgan fingerprint density at radius 3 is 2.81 bits per heavy atom. The van der Waals surface area contributed by atoms with Crippen molar-refractivity contribution in [1.82, 2.24) is 10.4 Å². The number of esters is 1. The molecule has 0 bridgehead atoms. The zero-order chi connectivity index (χ0) is 19.2. The molecular formula is C19H14ClN3O4. The molecule has 8 heteroatoms. The van der Waals surface area contributed by atoms with Gasteiger partial charge in [0.1, 0.15) is 11.5 Å². The van der Waals surface area contributed by atoms with E-state index >= 15 is 0 Å². The molecule has 0 aliphatic heterocycles. The molecule has 0 atom stereocenters. The molecule has 27 heavy (non-hydrogen) atoms. The third kappa shape index (κ3) is 4.39. The minimum Gasteiger partial charge on any atom is -0.465 e. The maximum Gasteiger partial charge on any atom is 0.339 e. The number of carbonyl (C=O) groups is 2. The van der Waals surface area contributed by atoms with E-state index in [1.807, 2.05) is 0 Å². The zero-order valence-corrected chi connectivity index (χ0v) is 14.9. The van der Waals surface area contributed by atoms with Crippen LogP contribution in [0.2, 0.25) is 5.02 Å². The monoisotopic (exact) mass is 383 g/mol. The predicted molar refractivity (Wildman–Crippen MR) is 99.8 cm³/mol. The van der Waals surface area contributed by atoms with E-state index in [9.17, 15) is 9.59 Å². The minimum absolute atomic E-state index is 0.259. The molecule has 0 spiro atoms. The largest absolute Gasteiger partial charge is 0.465 e. The Labute approximate surface area is 159 Å². The Balaban J connectivity index is 1.69. The summed E-state index contributed by atoms with van der Waals surface area (Å²) in [5.74, 6) is 0.0810. The van der Waals surface area contributed by atoms with E-state index in [-0.39, 0.29) is 16.5 Å². The number of carbonyl (C=O) groups excluding carboxylic acids is 2. The Kier molecular flexibility index (Phi) is 5.63. The van der Waals surface area contributed by atoms with Crippen LogP contribution in [0.5, 0.6) is 0 Å². The normalized spacial score (nSPS) is 10.7. The summed E-state index contributed by atoms with van der Waals surface area (Å²) >= 11 is 6.11. The van der Waals surface area contributed by atoms with Gasteiger partial charge < -0.3 is 9.15 Å². The topological polar surface area (TPSA) is 93.8 Å². The number of nitrogens with zero attached hydrogens (tertiary/aromatic N) is 2. The highest BCUT2D eigenvalue weighted by molar-refractivity contribution is 6.33. The fourth-order valence-electron chi connectivity index (χ4n) is 2.24. The molecule has 0 aliphatic rings. The maximum absolute atomic E-state index is 11.9. The van der Waals surface area contributed by atoms with Crippen molar-refractivity contribution >= 4 is 29.7 Å². The number of hydrazone groups is 1. The lowest BCUT2D eigenvalue weighted by Crippen LogP contribution is -2.17. The van der Waals surface area contributed by atoms with Gasteiger partial charge in [-0.1, -0.05) is 17.7 Å². The van der Waals surface area contributed by atoms with Gasteiger partial charge in [0.25, 0.3) is 5.91 Å². The molecule has 7 nitrogen and oxygen atoms in total. The summed E-state index contributed by atoms with van der Waals surface area (Å²) in [4.78, 5) is 27.3. The molecule has 0 unspecified atom stereocenters. The van der Waals surface area contributed by atoms with Gasteiger partial charge in [-0.2, -0.15) is 5.10 Å². The average molecular weight is 384 g/mol. The van der Waals surface area contributed by atoms with Crippen molar-refractivity contribution in [3.63, 3.8) is 0 Å². The number of hydrogen-bond donors (Lipinski definition) is 1. The Bertz CT molecular complexity index is 999. The van der Waals surface area contributed by atoms with Crippen molar-refractivity contribution in [2.75, 3.05) is 7.11 Å². The third-order valence-electron chi connectivity index (χ3n) is 3.57. The molecule has 2 heterocycles. The van der Waals surface area contributed by atoms with Crippen LogP contribution in [0.15, 0.2) is 64.4 Å². The first-order valence-corrected chi connectivity index (χ1v) is 8.18. The van der Waals surface area contributed by atoms with Gasteiger partial charge in [-0.3, -0.25) is 9.78 Å². The standard InChI is InChI=1S/C19H14ClN3O4/c1-26-19(25)15-6-4-12(9-16(15)20)17-7-5-14(27-17)11-22-23-18(24)13-3-2-8-21-10-13/h2-11H,1H3,(H,23,24)/b22-11-. The number of halogens is 1. The molecule has 0 saturated heterocycles. The molecule has 0 saturated carbocycles. The van der Waals surface area contributed by atoms with Gasteiger partial charge in [0, 0.05) is 18.0 Å². The van der Waals surface area contributed by atoms with Gasteiger partial charge in [-0.25, -0.2) is 10.2 Å². The molecule has 1 N–H and O–H groups in total. The molecule has 136 valence electrons. The first-order valence-electron chi connectivity index (χ1n) is 7.80. The molecule has 3 rings (SSSR count). The Hall–Kier alpha value is -3.45. The fraction of sp³-hybridized carbons (Fsp3) is 0.0526. The van der Waals surface area contributed by atoms with E-state index in [0.717, 1.165) is 0 Å². The van der Waals surface area contributed by atoms with Crippen molar-refractivity contribution in [1.29, 1.82) is 0 Å². The molecule has 1 amide bonds. The van der Waals surface area contributed by atoms with Gasteiger partial charge in [-0.05, 0) is 36.4 Å². The average Bonchev–Trinajstić information content (AvgIpc) is 3.17. The van der Waals surface area contributed by atoms with Crippen LogP contribution in [0.4, 0.5) is 0 Å². The summed E-state index contributed by atoms with van der Waals surface area (Å²) < 4.78 is 10.3. The second kappa shape index (κ2) is 8.29. The Morgan fingerprint density at radius 2 is 2.11 bits per heavy atom. The number of ether oxygens (including phenoxy) is 1. The summed E-state index contributed by atoms with van der Waals surface area (Å²) in [5, 5.41) is 4.12. The van der Waals surface area contributed by atoms with Crippen LogP contribution >= 0.6 is 11.6 Å². The number of aromatic nitrogens is 1. The van der Waals surface area contributed by atoms with Crippen molar-refractivity contribution < 1.29 is 18.7 Å². The van der Waals surface area contributed by atoms with E-state index in [0.29, 0.717) is 22.6 Å². The van der Waals surface area contributed by atoms with Crippen LogP contribution in [0, 0.1) is 0 Å². The summed E-state index contributed by atoms with van der Waals surface area (Å²) in [6.07, 6.45) is 4.40. The number of benzene rings is 1. The maximum atomic E-state index is 11.9. The third-order valence-corrected chi connectivity index (χ3v) is 3.88. The number of pyridine rings is 1. The SMILES string of the molecule is COC(=O)c1ccc(-c2ccc(/C=N\NC(=O)c3cccnc3)o2)cc1Cl. The molecule has 2 aromatic heterocycles. The van der Waals surface area contributed by atoms with E-state index in [1.165, 1.54) is 19.5 Å². The summed E-state index contributed by atoms with van der Waals surface area (Å²) in [6, 6.07) is 11.6. The van der Waals surface area contributed by atoms with E-state index in [1.54, 1.807) is 48.7 Å².